The molecule has 1 N–H and O–H groups in total. The van der Waals surface area contributed by atoms with Crippen LogP contribution in [0.1, 0.15) is 36.3 Å². The number of rotatable bonds is 7. The number of benzene rings is 1. The molecule has 0 saturated heterocycles. The largest absolute Gasteiger partial charge is 0.497 e. The van der Waals surface area contributed by atoms with Crippen LogP contribution in [0.3, 0.4) is 0 Å². The molecule has 1 aromatic heterocycles. The van der Waals surface area contributed by atoms with E-state index in [4.69, 9.17) is 9.47 Å². The molecule has 1 heterocycles. The molecule has 5 heteroatoms. The molecule has 5 nitrogen and oxygen atoms in total. The molecule has 0 aliphatic heterocycles. The van der Waals surface area contributed by atoms with Gasteiger partial charge in [-0.25, -0.2) is 0 Å². The lowest BCUT2D eigenvalue weighted by Gasteiger charge is -2.16. The van der Waals surface area contributed by atoms with Crippen molar-refractivity contribution < 1.29 is 14.3 Å². The molecule has 0 aliphatic rings. The summed E-state index contributed by atoms with van der Waals surface area (Å²) in [6.07, 6.45) is 0.903. The van der Waals surface area contributed by atoms with Crippen molar-refractivity contribution >= 4 is 16.8 Å². The lowest BCUT2D eigenvalue weighted by Crippen LogP contribution is -2.33. The van der Waals surface area contributed by atoms with Crippen molar-refractivity contribution in [2.45, 2.75) is 33.3 Å². The lowest BCUT2D eigenvalue weighted by molar-refractivity contribution is 0.0569. The number of nitrogens with zero attached hydrogens (tertiary/aromatic N) is 1. The second-order valence-corrected chi connectivity index (χ2v) is 5.39. The van der Waals surface area contributed by atoms with E-state index in [0.717, 1.165) is 28.8 Å². The molecule has 1 aromatic carbocycles. The number of methoxy groups -OCH3 is 1. The highest BCUT2D eigenvalue weighted by molar-refractivity contribution is 6.06. The molecule has 0 fully saturated rings. The summed E-state index contributed by atoms with van der Waals surface area (Å²) in [4.78, 5) is 17.0. The summed E-state index contributed by atoms with van der Waals surface area (Å²) in [7, 11) is 1.61. The van der Waals surface area contributed by atoms with E-state index in [2.05, 4.69) is 10.3 Å². The third kappa shape index (κ3) is 4.20. The summed E-state index contributed by atoms with van der Waals surface area (Å²) in [5.74, 6) is 0.619. The van der Waals surface area contributed by atoms with E-state index in [1.165, 1.54) is 0 Å². The molecule has 0 saturated carbocycles. The number of nitrogens with one attached hydrogen (secondary N) is 1. The van der Waals surface area contributed by atoms with Gasteiger partial charge in [0.25, 0.3) is 5.91 Å². The first-order chi connectivity index (χ1) is 11.1. The minimum Gasteiger partial charge on any atom is -0.497 e. The first-order valence-electron chi connectivity index (χ1n) is 7.94. The van der Waals surface area contributed by atoms with Gasteiger partial charge in [-0.15, -0.1) is 0 Å². The summed E-state index contributed by atoms with van der Waals surface area (Å²) >= 11 is 0. The van der Waals surface area contributed by atoms with E-state index >= 15 is 0 Å². The van der Waals surface area contributed by atoms with Gasteiger partial charge in [0.2, 0.25) is 0 Å². The van der Waals surface area contributed by atoms with Gasteiger partial charge in [-0.2, -0.15) is 0 Å². The number of carbonyl (C=O) groups excluding carboxylic acids is 1. The molecular formula is C18H24N2O3. The monoisotopic (exact) mass is 316 g/mol. The van der Waals surface area contributed by atoms with E-state index in [9.17, 15) is 4.79 Å². The van der Waals surface area contributed by atoms with Gasteiger partial charge in [0, 0.05) is 30.3 Å². The Hall–Kier alpha value is -2.14. The maximum absolute atomic E-state index is 12.6. The van der Waals surface area contributed by atoms with E-state index in [-0.39, 0.29) is 12.0 Å². The number of hydrogen-bond donors (Lipinski definition) is 1. The van der Waals surface area contributed by atoms with Crippen LogP contribution in [-0.4, -0.2) is 37.3 Å². The van der Waals surface area contributed by atoms with Gasteiger partial charge in [-0.1, -0.05) is 6.92 Å². The van der Waals surface area contributed by atoms with Crippen LogP contribution < -0.4 is 10.1 Å². The van der Waals surface area contributed by atoms with Crippen LogP contribution in [0.5, 0.6) is 5.75 Å². The molecule has 1 amide bonds. The van der Waals surface area contributed by atoms with Crippen molar-refractivity contribution in [1.29, 1.82) is 0 Å². The zero-order valence-electron chi connectivity index (χ0n) is 14.2. The Bertz CT molecular complexity index is 685. The van der Waals surface area contributed by atoms with Crippen LogP contribution >= 0.6 is 0 Å². The topological polar surface area (TPSA) is 60.5 Å². The fraction of sp³-hybridized carbons (Fsp3) is 0.444. The molecule has 2 aromatic rings. The number of aromatic nitrogens is 1. The molecular weight excluding hydrogens is 292 g/mol. The van der Waals surface area contributed by atoms with Crippen LogP contribution in [0.15, 0.2) is 24.3 Å². The van der Waals surface area contributed by atoms with Gasteiger partial charge < -0.3 is 14.8 Å². The average molecular weight is 316 g/mol. The van der Waals surface area contributed by atoms with Crippen molar-refractivity contribution in [3.63, 3.8) is 0 Å². The summed E-state index contributed by atoms with van der Waals surface area (Å²) in [5.41, 5.74) is 2.18. The second kappa shape index (κ2) is 7.92. The summed E-state index contributed by atoms with van der Waals surface area (Å²) in [5, 5.41) is 3.78. The molecule has 0 radical (unpaired) electrons. The maximum Gasteiger partial charge on any atom is 0.252 e. The van der Waals surface area contributed by atoms with E-state index in [1.54, 1.807) is 7.11 Å². The van der Waals surface area contributed by atoms with Gasteiger partial charge in [0.15, 0.2) is 0 Å². The van der Waals surface area contributed by atoms with Crippen LogP contribution in [0.2, 0.25) is 0 Å². The average Bonchev–Trinajstić information content (AvgIpc) is 2.56. The molecule has 2 rings (SSSR count). The smallest absolute Gasteiger partial charge is 0.252 e. The highest BCUT2D eigenvalue weighted by Crippen LogP contribution is 2.23. The molecule has 23 heavy (non-hydrogen) atoms. The number of hydrogen-bond acceptors (Lipinski definition) is 4. The maximum atomic E-state index is 12.6. The fourth-order valence-corrected chi connectivity index (χ4v) is 2.51. The minimum atomic E-state index is -0.108. The number of amides is 1. The van der Waals surface area contributed by atoms with E-state index in [1.807, 2.05) is 45.0 Å². The van der Waals surface area contributed by atoms with Crippen LogP contribution in [0.25, 0.3) is 10.9 Å². The zero-order chi connectivity index (χ0) is 16.8. The van der Waals surface area contributed by atoms with Crippen molar-refractivity contribution in [2.24, 2.45) is 0 Å². The Morgan fingerprint density at radius 3 is 2.74 bits per heavy atom. The number of fused-ring (bicyclic) bond motifs is 1. The molecule has 0 unspecified atom stereocenters. The van der Waals surface area contributed by atoms with Crippen molar-refractivity contribution in [2.75, 3.05) is 20.3 Å². The van der Waals surface area contributed by atoms with Crippen molar-refractivity contribution in [3.8, 4) is 5.75 Å². The Labute approximate surface area is 137 Å². The first-order valence-corrected chi connectivity index (χ1v) is 7.94. The SMILES string of the molecule is CCO[C@H](CC)CNC(=O)c1cc(C)nc2cc(OC)ccc12. The van der Waals surface area contributed by atoms with Crippen LogP contribution in [0, 0.1) is 6.92 Å². The van der Waals surface area contributed by atoms with E-state index in [0.29, 0.717) is 18.7 Å². The minimum absolute atomic E-state index is 0.0400. The Morgan fingerprint density at radius 1 is 1.30 bits per heavy atom. The molecule has 0 aliphatic carbocycles. The van der Waals surface area contributed by atoms with Crippen molar-refractivity contribution in [3.05, 3.63) is 35.5 Å². The van der Waals surface area contributed by atoms with Crippen molar-refractivity contribution in [1.82, 2.24) is 10.3 Å². The fourth-order valence-electron chi connectivity index (χ4n) is 2.51. The third-order valence-corrected chi connectivity index (χ3v) is 3.74. The Morgan fingerprint density at radius 2 is 2.09 bits per heavy atom. The molecule has 0 bridgehead atoms. The number of pyridine rings is 1. The normalized spacial score (nSPS) is 12.2. The quantitative estimate of drug-likeness (QED) is 0.852. The van der Waals surface area contributed by atoms with Gasteiger partial charge >= 0.3 is 0 Å². The highest BCUT2D eigenvalue weighted by Gasteiger charge is 2.14. The predicted octanol–water partition coefficient (Wildman–Crippen LogP) is 3.10. The summed E-state index contributed by atoms with van der Waals surface area (Å²) in [6.45, 7) is 7.03. The molecule has 1 atom stereocenters. The van der Waals surface area contributed by atoms with Gasteiger partial charge in [-0.05, 0) is 38.5 Å². The van der Waals surface area contributed by atoms with E-state index < -0.39 is 0 Å². The Balaban J connectivity index is 2.26. The summed E-state index contributed by atoms with van der Waals surface area (Å²) < 4.78 is 10.8. The van der Waals surface area contributed by atoms with Gasteiger partial charge in [-0.3, -0.25) is 9.78 Å². The second-order valence-electron chi connectivity index (χ2n) is 5.39. The zero-order valence-corrected chi connectivity index (χ0v) is 14.2. The summed E-state index contributed by atoms with van der Waals surface area (Å²) in [6, 6.07) is 7.36. The number of aryl methyl sites for hydroxylation is 1. The highest BCUT2D eigenvalue weighted by atomic mass is 16.5. The third-order valence-electron chi connectivity index (χ3n) is 3.74. The van der Waals surface area contributed by atoms with Crippen LogP contribution in [0.4, 0.5) is 0 Å². The Kier molecular flexibility index (Phi) is 5.93. The lowest BCUT2D eigenvalue weighted by atomic mass is 10.1. The molecule has 124 valence electrons. The number of ether oxygens (including phenoxy) is 2. The molecule has 0 spiro atoms. The van der Waals surface area contributed by atoms with Gasteiger partial charge in [0.1, 0.15) is 5.75 Å². The standard InChI is InChI=1S/C18H24N2O3/c1-5-13(23-6-2)11-19-18(21)16-9-12(3)20-17-10-14(22-4)7-8-15(16)17/h7-10,13H,5-6,11H2,1-4H3,(H,19,21)/t13-/m1/s1. The first kappa shape index (κ1) is 17.2. The predicted molar refractivity (Wildman–Crippen MR) is 91.1 cm³/mol. The van der Waals surface area contributed by atoms with Crippen LogP contribution in [-0.2, 0) is 4.74 Å². The number of carbonyl (C=O) groups is 1. The van der Waals surface area contributed by atoms with Gasteiger partial charge in [0.05, 0.1) is 24.3 Å².